The highest BCUT2D eigenvalue weighted by Crippen LogP contribution is 2.23. The van der Waals surface area contributed by atoms with Gasteiger partial charge in [-0.3, -0.25) is 4.79 Å². The summed E-state index contributed by atoms with van der Waals surface area (Å²) in [6.07, 6.45) is 0. The SMILES string of the molecule is Cc1cc2cc(NC(=O)c3ccc(S(=O)(=O)N4CCOCC4)o3)ccc2[nH]1. The standard InChI is InChI=1S/C18H19N3O5S/c1-12-10-13-11-14(2-3-15(13)19-12)20-18(22)16-4-5-17(26-16)27(23,24)21-6-8-25-9-7-21/h2-5,10-11,19H,6-9H2,1H3,(H,20,22). The molecule has 3 heterocycles. The quantitative estimate of drug-likeness (QED) is 0.713. The highest BCUT2D eigenvalue weighted by atomic mass is 32.2. The van der Waals surface area contributed by atoms with Crippen LogP contribution in [0, 0.1) is 6.92 Å². The number of amides is 1. The number of fused-ring (bicyclic) bond motifs is 1. The van der Waals surface area contributed by atoms with Crippen LogP contribution in [0.1, 0.15) is 16.2 Å². The zero-order chi connectivity index (χ0) is 19.0. The molecule has 1 amide bonds. The number of H-pyrrole nitrogens is 1. The van der Waals surface area contributed by atoms with Crippen LogP contribution in [-0.4, -0.2) is 49.9 Å². The first kappa shape index (κ1) is 17.8. The number of hydrogen-bond acceptors (Lipinski definition) is 5. The summed E-state index contributed by atoms with van der Waals surface area (Å²) in [7, 11) is -3.77. The zero-order valence-corrected chi connectivity index (χ0v) is 15.5. The van der Waals surface area contributed by atoms with Gasteiger partial charge in [-0.1, -0.05) is 0 Å². The molecule has 4 rings (SSSR count). The van der Waals surface area contributed by atoms with Gasteiger partial charge in [0, 0.05) is 35.4 Å². The Morgan fingerprint density at radius 2 is 1.93 bits per heavy atom. The average Bonchev–Trinajstić information content (AvgIpc) is 3.28. The minimum absolute atomic E-state index is 0.0628. The van der Waals surface area contributed by atoms with E-state index in [1.54, 1.807) is 6.07 Å². The number of carbonyl (C=O) groups is 1. The number of aromatic nitrogens is 1. The molecular weight excluding hydrogens is 370 g/mol. The monoisotopic (exact) mass is 389 g/mol. The Morgan fingerprint density at radius 1 is 1.15 bits per heavy atom. The van der Waals surface area contributed by atoms with Crippen molar-refractivity contribution < 1.29 is 22.4 Å². The minimum Gasteiger partial charge on any atom is -0.438 e. The van der Waals surface area contributed by atoms with Crippen LogP contribution >= 0.6 is 0 Å². The van der Waals surface area contributed by atoms with E-state index in [0.29, 0.717) is 18.9 Å². The van der Waals surface area contributed by atoms with E-state index in [4.69, 9.17) is 9.15 Å². The topological polar surface area (TPSA) is 105 Å². The molecule has 1 aliphatic rings. The van der Waals surface area contributed by atoms with Gasteiger partial charge in [-0.2, -0.15) is 4.31 Å². The molecule has 0 saturated carbocycles. The second-order valence-corrected chi connectivity index (χ2v) is 8.21. The molecule has 2 N–H and O–H groups in total. The fraction of sp³-hybridized carbons (Fsp3) is 0.278. The number of benzene rings is 1. The summed E-state index contributed by atoms with van der Waals surface area (Å²) in [5.41, 5.74) is 2.60. The van der Waals surface area contributed by atoms with Crippen LogP contribution in [0.2, 0.25) is 0 Å². The Hall–Kier alpha value is -2.62. The Balaban J connectivity index is 1.52. The number of nitrogens with one attached hydrogen (secondary N) is 2. The Kier molecular flexibility index (Phi) is 4.50. The van der Waals surface area contributed by atoms with Crippen molar-refractivity contribution in [2.24, 2.45) is 0 Å². The van der Waals surface area contributed by atoms with Gasteiger partial charge in [0.2, 0.25) is 5.09 Å². The molecule has 27 heavy (non-hydrogen) atoms. The lowest BCUT2D eigenvalue weighted by atomic mass is 10.2. The normalized spacial score (nSPS) is 15.9. The van der Waals surface area contributed by atoms with Crippen molar-refractivity contribution in [3.05, 3.63) is 47.9 Å². The van der Waals surface area contributed by atoms with Gasteiger partial charge in [-0.05, 0) is 43.3 Å². The maximum atomic E-state index is 12.6. The molecule has 0 spiro atoms. The number of furan rings is 1. The van der Waals surface area contributed by atoms with Gasteiger partial charge < -0.3 is 19.5 Å². The molecule has 0 atom stereocenters. The van der Waals surface area contributed by atoms with Gasteiger partial charge in [0.1, 0.15) is 0 Å². The van der Waals surface area contributed by atoms with E-state index < -0.39 is 15.9 Å². The predicted molar refractivity (Wildman–Crippen MR) is 99.3 cm³/mol. The molecule has 142 valence electrons. The molecule has 1 fully saturated rings. The Morgan fingerprint density at radius 3 is 2.70 bits per heavy atom. The van der Waals surface area contributed by atoms with Crippen molar-refractivity contribution in [2.45, 2.75) is 12.0 Å². The van der Waals surface area contributed by atoms with Crippen molar-refractivity contribution >= 4 is 32.5 Å². The number of hydrogen-bond donors (Lipinski definition) is 2. The van der Waals surface area contributed by atoms with Crippen LogP contribution in [-0.2, 0) is 14.8 Å². The number of sulfonamides is 1. The first-order chi connectivity index (χ1) is 12.9. The summed E-state index contributed by atoms with van der Waals surface area (Å²) in [4.78, 5) is 15.6. The van der Waals surface area contributed by atoms with E-state index in [2.05, 4.69) is 10.3 Å². The zero-order valence-electron chi connectivity index (χ0n) is 14.7. The van der Waals surface area contributed by atoms with Gasteiger partial charge >= 0.3 is 0 Å². The van der Waals surface area contributed by atoms with E-state index in [0.717, 1.165) is 16.6 Å². The second-order valence-electron chi connectivity index (χ2n) is 6.34. The lowest BCUT2D eigenvalue weighted by Gasteiger charge is -2.24. The number of aromatic amines is 1. The van der Waals surface area contributed by atoms with E-state index in [1.807, 2.05) is 25.1 Å². The summed E-state index contributed by atoms with van der Waals surface area (Å²) in [6.45, 7) is 3.17. The largest absolute Gasteiger partial charge is 0.438 e. The molecule has 8 nitrogen and oxygen atoms in total. The first-order valence-corrected chi connectivity index (χ1v) is 9.96. The molecule has 3 aromatic rings. The molecule has 1 aromatic carbocycles. The third kappa shape index (κ3) is 3.48. The summed E-state index contributed by atoms with van der Waals surface area (Å²) < 4.78 is 36.9. The van der Waals surface area contributed by atoms with Crippen LogP contribution < -0.4 is 5.32 Å². The van der Waals surface area contributed by atoms with Gasteiger partial charge in [0.05, 0.1) is 13.2 Å². The smallest absolute Gasteiger partial charge is 0.291 e. The highest BCUT2D eigenvalue weighted by molar-refractivity contribution is 7.89. The fourth-order valence-electron chi connectivity index (χ4n) is 3.04. The predicted octanol–water partition coefficient (Wildman–Crippen LogP) is 2.34. The van der Waals surface area contributed by atoms with E-state index in [1.165, 1.54) is 16.4 Å². The van der Waals surface area contributed by atoms with Crippen molar-refractivity contribution in [1.82, 2.24) is 9.29 Å². The van der Waals surface area contributed by atoms with Crippen molar-refractivity contribution in [3.8, 4) is 0 Å². The van der Waals surface area contributed by atoms with E-state index in [9.17, 15) is 13.2 Å². The van der Waals surface area contributed by atoms with Gasteiger partial charge in [0.15, 0.2) is 5.76 Å². The number of aryl methyl sites for hydroxylation is 1. The van der Waals surface area contributed by atoms with Crippen LogP contribution in [0.5, 0.6) is 0 Å². The second kappa shape index (κ2) is 6.84. The lowest BCUT2D eigenvalue weighted by Crippen LogP contribution is -2.40. The molecule has 0 aliphatic carbocycles. The molecule has 1 aliphatic heterocycles. The average molecular weight is 389 g/mol. The maximum Gasteiger partial charge on any atom is 0.291 e. The minimum atomic E-state index is -3.77. The van der Waals surface area contributed by atoms with Gasteiger partial charge in [0.25, 0.3) is 15.9 Å². The van der Waals surface area contributed by atoms with Crippen LogP contribution in [0.15, 0.2) is 45.9 Å². The molecule has 1 saturated heterocycles. The number of nitrogens with zero attached hydrogens (tertiary/aromatic N) is 1. The number of ether oxygens (including phenoxy) is 1. The number of morpholine rings is 1. The fourth-order valence-corrected chi connectivity index (χ4v) is 4.36. The summed E-state index contributed by atoms with van der Waals surface area (Å²) in [5, 5.41) is 3.46. The van der Waals surface area contributed by atoms with E-state index in [-0.39, 0.29) is 23.9 Å². The summed E-state index contributed by atoms with van der Waals surface area (Å²) in [5.74, 6) is -0.572. The van der Waals surface area contributed by atoms with Crippen molar-refractivity contribution in [1.29, 1.82) is 0 Å². The van der Waals surface area contributed by atoms with E-state index >= 15 is 0 Å². The Bertz CT molecular complexity index is 1090. The maximum absolute atomic E-state index is 12.6. The number of anilines is 1. The molecular formula is C18H19N3O5S. The third-order valence-electron chi connectivity index (χ3n) is 4.38. The molecule has 0 unspecified atom stereocenters. The highest BCUT2D eigenvalue weighted by Gasteiger charge is 2.30. The van der Waals surface area contributed by atoms with Crippen LogP contribution in [0.4, 0.5) is 5.69 Å². The van der Waals surface area contributed by atoms with Crippen molar-refractivity contribution in [3.63, 3.8) is 0 Å². The van der Waals surface area contributed by atoms with Crippen LogP contribution in [0.3, 0.4) is 0 Å². The number of rotatable bonds is 4. The molecule has 9 heteroatoms. The first-order valence-electron chi connectivity index (χ1n) is 8.52. The van der Waals surface area contributed by atoms with Crippen molar-refractivity contribution in [2.75, 3.05) is 31.6 Å². The molecule has 2 aromatic heterocycles. The van der Waals surface area contributed by atoms with Gasteiger partial charge in [-0.25, -0.2) is 8.42 Å². The van der Waals surface area contributed by atoms with Crippen LogP contribution in [0.25, 0.3) is 10.9 Å². The van der Waals surface area contributed by atoms with Gasteiger partial charge in [-0.15, -0.1) is 0 Å². The summed E-state index contributed by atoms with van der Waals surface area (Å²) >= 11 is 0. The molecule has 0 bridgehead atoms. The lowest BCUT2D eigenvalue weighted by molar-refractivity contribution is 0.0723. The number of carbonyl (C=O) groups excluding carboxylic acids is 1. The molecule has 0 radical (unpaired) electrons. The Labute approximate surface area is 156 Å². The third-order valence-corrected chi connectivity index (χ3v) is 6.16. The summed E-state index contributed by atoms with van der Waals surface area (Å²) in [6, 6.07) is 10.1.